The maximum absolute atomic E-state index is 12.0. The Kier molecular flexibility index (Phi) is 7.33. The molecule has 1 atom stereocenters. The van der Waals surface area contributed by atoms with E-state index in [1.54, 1.807) is 23.1 Å². The topological polar surface area (TPSA) is 109 Å². The molecule has 11 heteroatoms. The minimum Gasteiger partial charge on any atom is -0.490 e. The Hall–Kier alpha value is -2.92. The molecule has 0 radical (unpaired) electrons. The van der Waals surface area contributed by atoms with Crippen LogP contribution in [0.3, 0.4) is 0 Å². The van der Waals surface area contributed by atoms with Gasteiger partial charge in [-0.2, -0.15) is 0 Å². The van der Waals surface area contributed by atoms with Crippen LogP contribution in [0.15, 0.2) is 47.7 Å². The summed E-state index contributed by atoms with van der Waals surface area (Å²) in [5.74, 6) is 2.10. The summed E-state index contributed by atoms with van der Waals surface area (Å²) in [5, 5.41) is 17.3. The third-order valence-electron chi connectivity index (χ3n) is 5.39. The van der Waals surface area contributed by atoms with E-state index in [-0.39, 0.29) is 31.5 Å². The van der Waals surface area contributed by atoms with Crippen LogP contribution in [0.25, 0.3) is 20.3 Å². The number of aromatic nitrogens is 2. The van der Waals surface area contributed by atoms with Gasteiger partial charge < -0.3 is 20.5 Å². The molecule has 0 saturated carbocycles. The zero-order valence-electron chi connectivity index (χ0n) is 18.5. The van der Waals surface area contributed by atoms with Crippen molar-refractivity contribution in [2.75, 3.05) is 30.8 Å². The van der Waals surface area contributed by atoms with E-state index in [2.05, 4.69) is 25.6 Å². The van der Waals surface area contributed by atoms with Crippen LogP contribution in [0.1, 0.15) is 5.56 Å². The van der Waals surface area contributed by atoms with Gasteiger partial charge in [0.25, 0.3) is 0 Å². The van der Waals surface area contributed by atoms with Gasteiger partial charge in [0.15, 0.2) is 0 Å². The summed E-state index contributed by atoms with van der Waals surface area (Å²) in [4.78, 5) is 26.1. The molecule has 35 heavy (non-hydrogen) atoms. The minimum absolute atomic E-state index is 0.0781. The molecule has 180 valence electrons. The molecule has 1 aliphatic heterocycles. The number of aliphatic imine (C=N–C) groups is 1. The molecule has 4 aromatic rings. The van der Waals surface area contributed by atoms with Gasteiger partial charge in [-0.15, -0.1) is 23.1 Å². The third kappa shape index (κ3) is 5.51. The number of hydrogen-bond acceptors (Lipinski definition) is 9. The summed E-state index contributed by atoms with van der Waals surface area (Å²) in [6, 6.07) is 11.6. The summed E-state index contributed by atoms with van der Waals surface area (Å²) in [5.41, 5.74) is 3.54. The van der Waals surface area contributed by atoms with Crippen LogP contribution in [0, 0.1) is 0 Å². The monoisotopic (exact) mass is 527 g/mol. The van der Waals surface area contributed by atoms with Gasteiger partial charge in [0.2, 0.25) is 5.91 Å². The maximum Gasteiger partial charge on any atom is 0.224 e. The van der Waals surface area contributed by atoms with Crippen molar-refractivity contribution in [2.45, 2.75) is 12.5 Å². The summed E-state index contributed by atoms with van der Waals surface area (Å²) >= 11 is 9.71. The van der Waals surface area contributed by atoms with Crippen molar-refractivity contribution < 1.29 is 14.6 Å². The number of ether oxygens (including phenoxy) is 1. The average Bonchev–Trinajstić information content (AvgIpc) is 3.50. The van der Waals surface area contributed by atoms with Crippen molar-refractivity contribution in [3.63, 3.8) is 0 Å². The summed E-state index contributed by atoms with van der Waals surface area (Å²) < 4.78 is 6.87. The second-order valence-corrected chi connectivity index (χ2v) is 10.2. The Morgan fingerprint density at radius 1 is 1.23 bits per heavy atom. The van der Waals surface area contributed by atoms with E-state index in [9.17, 15) is 4.79 Å². The van der Waals surface area contributed by atoms with E-state index in [0.717, 1.165) is 37.3 Å². The van der Waals surface area contributed by atoms with Gasteiger partial charge in [-0.1, -0.05) is 23.7 Å². The maximum atomic E-state index is 12.0. The van der Waals surface area contributed by atoms with Gasteiger partial charge in [-0.05, 0) is 29.8 Å². The fourth-order valence-corrected chi connectivity index (χ4v) is 5.83. The van der Waals surface area contributed by atoms with Gasteiger partial charge in [0.1, 0.15) is 29.3 Å². The number of benzene rings is 2. The lowest BCUT2D eigenvalue weighted by Gasteiger charge is -2.13. The first kappa shape index (κ1) is 23.8. The van der Waals surface area contributed by atoms with Crippen molar-refractivity contribution >= 4 is 78.0 Å². The summed E-state index contributed by atoms with van der Waals surface area (Å²) in [7, 11) is 0. The molecule has 0 bridgehead atoms. The zero-order chi connectivity index (χ0) is 24.2. The molecule has 2 aromatic heterocycles. The lowest BCUT2D eigenvalue weighted by atomic mass is 10.1. The summed E-state index contributed by atoms with van der Waals surface area (Å²) in [6.45, 7) is 0.666. The number of carbonyl (C=O) groups is 1. The lowest BCUT2D eigenvalue weighted by Crippen LogP contribution is -2.27. The number of fused-ring (bicyclic) bond motifs is 3. The van der Waals surface area contributed by atoms with Gasteiger partial charge in [-0.3, -0.25) is 9.79 Å². The molecule has 0 aliphatic carbocycles. The standard InChI is InChI=1S/C24H22ClN5O3S2/c25-18-9-15(2-4-19(18)33-10-16-11-34-13-29-16)30-23-22-17-3-1-14(8-21(32)26-5-6-31)7-20(17)35-24(22)28-12-27-23/h1-4,7,9,12-13,16,31H,5-6,8,10-11H2,(H,26,32)(H,27,28,30). The molecule has 1 amide bonds. The highest BCUT2D eigenvalue weighted by Crippen LogP contribution is 2.38. The molecule has 0 fully saturated rings. The van der Waals surface area contributed by atoms with E-state index in [4.69, 9.17) is 21.4 Å². The zero-order valence-corrected chi connectivity index (χ0v) is 20.9. The predicted molar refractivity (Wildman–Crippen MR) is 144 cm³/mol. The highest BCUT2D eigenvalue weighted by atomic mass is 35.5. The van der Waals surface area contributed by atoms with Crippen molar-refractivity contribution in [2.24, 2.45) is 4.99 Å². The number of nitrogens with one attached hydrogen (secondary N) is 2. The Bertz CT molecular complexity index is 1410. The molecule has 2 aromatic carbocycles. The molecule has 0 saturated heterocycles. The Labute approximate surface area is 214 Å². The van der Waals surface area contributed by atoms with E-state index in [1.165, 1.54) is 6.33 Å². The van der Waals surface area contributed by atoms with Gasteiger partial charge in [-0.25, -0.2) is 9.97 Å². The van der Waals surface area contributed by atoms with Crippen LogP contribution < -0.4 is 15.4 Å². The van der Waals surface area contributed by atoms with Gasteiger partial charge in [0, 0.05) is 28.1 Å². The first-order chi connectivity index (χ1) is 17.1. The van der Waals surface area contributed by atoms with Crippen molar-refractivity contribution in [1.82, 2.24) is 15.3 Å². The summed E-state index contributed by atoms with van der Waals surface area (Å²) in [6.07, 6.45) is 1.78. The van der Waals surface area contributed by atoms with E-state index in [1.807, 2.05) is 41.9 Å². The number of thiophene rings is 1. The first-order valence-corrected chi connectivity index (χ1v) is 13.2. The molecule has 1 unspecified atom stereocenters. The number of aliphatic hydroxyl groups is 1. The number of rotatable bonds is 9. The fourth-order valence-electron chi connectivity index (χ4n) is 3.74. The van der Waals surface area contributed by atoms with Crippen LogP contribution in [-0.4, -0.2) is 58.1 Å². The number of aliphatic hydroxyl groups excluding tert-OH is 1. The smallest absolute Gasteiger partial charge is 0.224 e. The minimum atomic E-state index is -0.124. The molecule has 8 nitrogen and oxygen atoms in total. The van der Waals surface area contributed by atoms with E-state index in [0.29, 0.717) is 23.2 Å². The van der Waals surface area contributed by atoms with Gasteiger partial charge >= 0.3 is 0 Å². The number of anilines is 2. The van der Waals surface area contributed by atoms with Crippen molar-refractivity contribution in [3.8, 4) is 5.75 Å². The Morgan fingerprint density at radius 3 is 2.94 bits per heavy atom. The number of hydrogen-bond donors (Lipinski definition) is 3. The molecule has 3 heterocycles. The molecule has 0 spiro atoms. The fraction of sp³-hybridized carbons (Fsp3) is 0.250. The van der Waals surface area contributed by atoms with E-state index < -0.39 is 0 Å². The van der Waals surface area contributed by atoms with Crippen LogP contribution in [0.4, 0.5) is 11.5 Å². The van der Waals surface area contributed by atoms with Crippen molar-refractivity contribution in [3.05, 3.63) is 53.3 Å². The number of thioether (sulfide) groups is 1. The van der Waals surface area contributed by atoms with Gasteiger partial charge in [0.05, 0.1) is 35.0 Å². The van der Waals surface area contributed by atoms with Crippen LogP contribution in [0.2, 0.25) is 5.02 Å². The first-order valence-electron chi connectivity index (χ1n) is 11.0. The highest BCUT2D eigenvalue weighted by molar-refractivity contribution is 8.12. The van der Waals surface area contributed by atoms with Crippen molar-refractivity contribution in [1.29, 1.82) is 0 Å². The number of nitrogens with zero attached hydrogens (tertiary/aromatic N) is 3. The number of amides is 1. The Balaban J connectivity index is 1.36. The molecule has 3 N–H and O–H groups in total. The molecule has 5 rings (SSSR count). The largest absolute Gasteiger partial charge is 0.490 e. The SMILES string of the molecule is O=C(Cc1ccc2c(c1)sc1ncnc(Nc3ccc(OCC4CSC=N4)c(Cl)c3)c12)NCCO. The second kappa shape index (κ2) is 10.8. The highest BCUT2D eigenvalue weighted by Gasteiger charge is 2.15. The lowest BCUT2D eigenvalue weighted by molar-refractivity contribution is -0.120. The Morgan fingerprint density at radius 2 is 2.14 bits per heavy atom. The van der Waals surface area contributed by atoms with E-state index >= 15 is 0 Å². The predicted octanol–water partition coefficient (Wildman–Crippen LogP) is 4.42. The average molecular weight is 528 g/mol. The van der Waals surface area contributed by atoms with Crippen LogP contribution in [-0.2, 0) is 11.2 Å². The van der Waals surface area contributed by atoms with Crippen LogP contribution in [0.5, 0.6) is 5.75 Å². The molecular formula is C24H22ClN5O3S2. The quantitative estimate of drug-likeness (QED) is 0.296. The third-order valence-corrected chi connectivity index (χ3v) is 7.60. The second-order valence-electron chi connectivity index (χ2n) is 7.91. The number of halogens is 1. The molecule has 1 aliphatic rings. The van der Waals surface area contributed by atoms with Crippen LogP contribution >= 0.6 is 34.7 Å². The normalized spacial score (nSPS) is 15.1. The molecular weight excluding hydrogens is 506 g/mol. The number of carbonyl (C=O) groups excluding carboxylic acids is 1.